The lowest BCUT2D eigenvalue weighted by molar-refractivity contribution is 0.349. The van der Waals surface area contributed by atoms with E-state index in [4.69, 9.17) is 18.9 Å². The lowest BCUT2D eigenvalue weighted by atomic mass is 9.93. The van der Waals surface area contributed by atoms with Gasteiger partial charge < -0.3 is 18.9 Å². The average molecular weight is 641 g/mol. The number of para-hydroxylation sites is 4. The van der Waals surface area contributed by atoms with Crippen molar-refractivity contribution >= 4 is 0 Å². The normalized spacial score (nSPS) is 13.0. The van der Waals surface area contributed by atoms with Crippen molar-refractivity contribution in [2.45, 2.75) is 51.4 Å². The maximum Gasteiger partial charge on any atom is 0.126 e. The van der Waals surface area contributed by atoms with E-state index in [1.165, 1.54) is 22.3 Å². The maximum atomic E-state index is 6.38. The predicted molar refractivity (Wildman–Crippen MR) is 198 cm³/mol. The van der Waals surface area contributed by atoms with Gasteiger partial charge >= 0.3 is 0 Å². The molecular weight excluding hydrogens is 592 g/mol. The minimum Gasteiger partial charge on any atom is -0.489 e. The van der Waals surface area contributed by atoms with Crippen molar-refractivity contribution in [3.63, 3.8) is 0 Å². The number of hydrogen-bond acceptors (Lipinski definition) is 4. The molecule has 0 N–H and O–H groups in total. The molecule has 0 atom stereocenters. The fraction of sp³-hybridized carbons (Fsp3) is 0.273. The molecule has 0 heterocycles. The van der Waals surface area contributed by atoms with Crippen LogP contribution in [0, 0.1) is 0 Å². The first-order valence-electron chi connectivity index (χ1n) is 17.0. The fourth-order valence-electron chi connectivity index (χ4n) is 6.56. The summed E-state index contributed by atoms with van der Waals surface area (Å²) in [6.07, 6.45) is 14.0. The van der Waals surface area contributed by atoms with Crippen LogP contribution < -0.4 is 18.9 Å². The monoisotopic (exact) mass is 640 g/mol. The first-order valence-corrected chi connectivity index (χ1v) is 17.0. The van der Waals surface area contributed by atoms with Gasteiger partial charge in [0.05, 0.1) is 0 Å². The third-order valence-electron chi connectivity index (χ3n) is 8.64. The first-order chi connectivity index (χ1) is 23.7. The van der Waals surface area contributed by atoms with Gasteiger partial charge in [-0.15, -0.1) is 0 Å². The van der Waals surface area contributed by atoms with Gasteiger partial charge in [-0.2, -0.15) is 0 Å². The molecule has 0 amide bonds. The molecule has 248 valence electrons. The Morgan fingerprint density at radius 3 is 0.833 bits per heavy atom. The van der Waals surface area contributed by atoms with E-state index < -0.39 is 0 Å². The Labute approximate surface area is 287 Å². The molecule has 0 spiro atoms. The molecule has 5 rings (SSSR count). The standard InChI is InChI=1S/C44H48O4/c1-5-27-45-41-33-15-9-16-34-21-13-25-39(43(34)47-29-7-3)32-40-26-14-22-36(44(40)48-30-8-4)18-10-17-35-20-12-24-38(42(35)46-28-6-2)31-37(41)23-11-19-33/h5-8,11-14,19-26H,1-4,9-10,15-18,27-32H2. The Hall–Kier alpha value is -4.96. The van der Waals surface area contributed by atoms with E-state index in [9.17, 15) is 0 Å². The van der Waals surface area contributed by atoms with Crippen LogP contribution in [0.25, 0.3) is 0 Å². The number of aryl methyl sites for hydroxylation is 4. The zero-order valence-electron chi connectivity index (χ0n) is 28.2. The van der Waals surface area contributed by atoms with Crippen LogP contribution in [0.15, 0.2) is 123 Å². The van der Waals surface area contributed by atoms with Gasteiger partial charge in [0, 0.05) is 12.8 Å². The van der Waals surface area contributed by atoms with E-state index in [1.54, 1.807) is 0 Å². The maximum absolute atomic E-state index is 6.38. The highest BCUT2D eigenvalue weighted by Crippen LogP contribution is 2.36. The SMILES string of the molecule is C=CCOc1c2cccc1Cc1cccc(c1OCC=C)CCCc1cccc(c1OCC=C)Cc1cccc(c1OCC=C)CCC2. The third-order valence-corrected chi connectivity index (χ3v) is 8.64. The molecule has 0 saturated carbocycles. The molecule has 4 aromatic rings. The minimum absolute atomic E-state index is 0.449. The van der Waals surface area contributed by atoms with E-state index in [-0.39, 0.29) is 0 Å². The van der Waals surface area contributed by atoms with E-state index >= 15 is 0 Å². The first kappa shape index (κ1) is 34.4. The molecule has 0 unspecified atom stereocenters. The van der Waals surface area contributed by atoms with Crippen molar-refractivity contribution < 1.29 is 18.9 Å². The van der Waals surface area contributed by atoms with Crippen LogP contribution in [-0.4, -0.2) is 26.4 Å². The van der Waals surface area contributed by atoms with Crippen LogP contribution >= 0.6 is 0 Å². The van der Waals surface area contributed by atoms with Gasteiger partial charge in [-0.05, 0) is 83.0 Å². The Kier molecular flexibility index (Phi) is 12.8. The van der Waals surface area contributed by atoms with Gasteiger partial charge in [0.2, 0.25) is 0 Å². The minimum atomic E-state index is 0.449. The second-order valence-corrected chi connectivity index (χ2v) is 12.1. The van der Waals surface area contributed by atoms with Crippen molar-refractivity contribution in [2.24, 2.45) is 0 Å². The summed E-state index contributed by atoms with van der Waals surface area (Å²) in [5.74, 6) is 3.76. The molecule has 0 fully saturated rings. The molecule has 8 bridgehead atoms. The smallest absolute Gasteiger partial charge is 0.126 e. The van der Waals surface area contributed by atoms with Crippen LogP contribution in [-0.2, 0) is 38.5 Å². The molecule has 4 aromatic carbocycles. The number of rotatable bonds is 12. The van der Waals surface area contributed by atoms with Crippen LogP contribution in [0.5, 0.6) is 23.0 Å². The number of fused-ring (bicyclic) bond motifs is 8. The third kappa shape index (κ3) is 8.68. The van der Waals surface area contributed by atoms with E-state index in [0.29, 0.717) is 39.3 Å². The van der Waals surface area contributed by atoms with Crippen LogP contribution in [0.2, 0.25) is 0 Å². The summed E-state index contributed by atoms with van der Waals surface area (Å²) in [5.41, 5.74) is 9.34. The van der Waals surface area contributed by atoms with E-state index in [1.807, 2.05) is 24.3 Å². The van der Waals surface area contributed by atoms with Gasteiger partial charge in [-0.25, -0.2) is 0 Å². The quantitative estimate of drug-likeness (QED) is 0.145. The van der Waals surface area contributed by atoms with Crippen molar-refractivity contribution in [1.82, 2.24) is 0 Å². The fourth-order valence-corrected chi connectivity index (χ4v) is 6.56. The lowest BCUT2D eigenvalue weighted by Gasteiger charge is -2.20. The zero-order chi connectivity index (χ0) is 33.6. The molecule has 48 heavy (non-hydrogen) atoms. The second kappa shape index (κ2) is 17.8. The van der Waals surface area contributed by atoms with Crippen molar-refractivity contribution in [1.29, 1.82) is 0 Å². The summed E-state index contributed by atoms with van der Waals surface area (Å²) in [4.78, 5) is 0. The second-order valence-electron chi connectivity index (χ2n) is 12.1. The highest BCUT2D eigenvalue weighted by molar-refractivity contribution is 5.51. The predicted octanol–water partition coefficient (Wildman–Crippen LogP) is 9.79. The Bertz CT molecular complexity index is 1470. The number of benzene rings is 4. The van der Waals surface area contributed by atoms with Crippen LogP contribution in [0.3, 0.4) is 0 Å². The Morgan fingerprint density at radius 2 is 0.604 bits per heavy atom. The summed E-state index contributed by atoms with van der Waals surface area (Å²) < 4.78 is 25.5. The van der Waals surface area contributed by atoms with Crippen LogP contribution in [0.1, 0.15) is 57.3 Å². The molecular formula is C44H48O4. The van der Waals surface area contributed by atoms with Crippen LogP contribution in [0.4, 0.5) is 0 Å². The van der Waals surface area contributed by atoms with Gasteiger partial charge in [0.1, 0.15) is 49.4 Å². The van der Waals surface area contributed by atoms with E-state index in [2.05, 4.69) is 99.1 Å². The molecule has 0 radical (unpaired) electrons. The largest absolute Gasteiger partial charge is 0.489 e. The molecule has 1 aliphatic rings. The summed E-state index contributed by atoms with van der Waals surface area (Å²) in [6, 6.07) is 26.0. The topological polar surface area (TPSA) is 36.9 Å². The summed E-state index contributed by atoms with van der Waals surface area (Å²) >= 11 is 0. The Balaban J connectivity index is 1.60. The number of ether oxygens (including phenoxy) is 4. The van der Waals surface area contributed by atoms with Gasteiger partial charge in [-0.3, -0.25) is 0 Å². The van der Waals surface area contributed by atoms with Crippen molar-refractivity contribution in [3.8, 4) is 23.0 Å². The lowest BCUT2D eigenvalue weighted by Crippen LogP contribution is -2.07. The molecule has 0 aliphatic heterocycles. The Morgan fingerprint density at radius 1 is 0.375 bits per heavy atom. The van der Waals surface area contributed by atoms with Gasteiger partial charge in [0.25, 0.3) is 0 Å². The van der Waals surface area contributed by atoms with Gasteiger partial charge in [0.15, 0.2) is 0 Å². The highest BCUT2D eigenvalue weighted by atomic mass is 16.5. The zero-order valence-corrected chi connectivity index (χ0v) is 28.2. The summed E-state index contributed by atoms with van der Waals surface area (Å²) in [5, 5.41) is 0. The summed E-state index contributed by atoms with van der Waals surface area (Å²) in [7, 11) is 0. The van der Waals surface area contributed by atoms with Crippen molar-refractivity contribution in [2.75, 3.05) is 26.4 Å². The number of hydrogen-bond donors (Lipinski definition) is 0. The molecule has 0 aromatic heterocycles. The van der Waals surface area contributed by atoms with E-state index in [0.717, 1.165) is 83.8 Å². The molecule has 4 nitrogen and oxygen atoms in total. The molecule has 0 saturated heterocycles. The average Bonchev–Trinajstić information content (AvgIpc) is 3.10. The van der Waals surface area contributed by atoms with Gasteiger partial charge in [-0.1, -0.05) is 123 Å². The highest BCUT2D eigenvalue weighted by Gasteiger charge is 2.19. The van der Waals surface area contributed by atoms with Crippen molar-refractivity contribution in [3.05, 3.63) is 168 Å². The molecule has 4 heteroatoms. The molecule has 1 aliphatic carbocycles. The summed E-state index contributed by atoms with van der Waals surface area (Å²) in [6.45, 7) is 17.4.